The van der Waals surface area contributed by atoms with Crippen molar-refractivity contribution in [3.63, 3.8) is 0 Å². The van der Waals surface area contributed by atoms with Crippen LogP contribution in [0.5, 0.6) is 11.5 Å². The summed E-state index contributed by atoms with van der Waals surface area (Å²) >= 11 is 5.95. The number of pyridine rings is 1. The maximum Gasteiger partial charge on any atom is 0.237 e. The van der Waals surface area contributed by atoms with Crippen LogP contribution in [0.15, 0.2) is 18.3 Å². The van der Waals surface area contributed by atoms with Gasteiger partial charge in [0.2, 0.25) is 5.91 Å². The van der Waals surface area contributed by atoms with E-state index < -0.39 is 28.6 Å². The number of benzene rings is 1. The van der Waals surface area contributed by atoms with Gasteiger partial charge in [0.1, 0.15) is 10.8 Å². The monoisotopic (exact) mass is 382 g/mol. The average Bonchev–Trinajstić information content (AvgIpc) is 2.60. The quantitative estimate of drug-likeness (QED) is 0.756. The first kappa shape index (κ1) is 18.4. The van der Waals surface area contributed by atoms with Crippen LogP contribution in [0.2, 0.25) is 5.15 Å². The Morgan fingerprint density at radius 2 is 1.73 bits per heavy atom. The summed E-state index contributed by atoms with van der Waals surface area (Å²) in [5, 5.41) is 0.249. The maximum absolute atomic E-state index is 14.8. The smallest absolute Gasteiger partial charge is 0.237 e. The molecule has 1 amide bonds. The molecule has 1 aliphatic heterocycles. The number of amides is 1. The largest absolute Gasteiger partial charge is 0.493 e. The Hall–Kier alpha value is -2.41. The third-order valence-electron chi connectivity index (χ3n) is 4.56. The van der Waals surface area contributed by atoms with Gasteiger partial charge in [-0.3, -0.25) is 4.79 Å². The number of ether oxygens (including phenoxy) is 2. The highest BCUT2D eigenvalue weighted by Crippen LogP contribution is 2.43. The van der Waals surface area contributed by atoms with Crippen molar-refractivity contribution < 1.29 is 23.0 Å². The fraction of sp³-hybridized carbons (Fsp3) is 0.333. The lowest BCUT2D eigenvalue weighted by Gasteiger charge is -2.39. The number of rotatable bonds is 3. The highest BCUT2D eigenvalue weighted by molar-refractivity contribution is 6.29. The SMILES string of the molecule is COc1cc(OC)c(F)c(N2Cc3cnc(Cl)cc3C(C)(C)C2=O)c1F. The minimum Gasteiger partial charge on any atom is -0.493 e. The Morgan fingerprint density at radius 1 is 1.15 bits per heavy atom. The van der Waals surface area contributed by atoms with Gasteiger partial charge in [0.05, 0.1) is 26.2 Å². The Kier molecular flexibility index (Phi) is 4.52. The van der Waals surface area contributed by atoms with Gasteiger partial charge in [-0.1, -0.05) is 11.6 Å². The fourth-order valence-electron chi connectivity index (χ4n) is 3.15. The molecule has 0 saturated carbocycles. The Labute approximate surface area is 154 Å². The molecule has 138 valence electrons. The van der Waals surface area contributed by atoms with Crippen LogP contribution in [-0.2, 0) is 16.8 Å². The number of fused-ring (bicyclic) bond motifs is 1. The average molecular weight is 383 g/mol. The minimum atomic E-state index is -1.05. The van der Waals surface area contributed by atoms with E-state index in [9.17, 15) is 13.6 Å². The van der Waals surface area contributed by atoms with Gasteiger partial charge in [-0.25, -0.2) is 13.8 Å². The molecule has 26 heavy (non-hydrogen) atoms. The van der Waals surface area contributed by atoms with Crippen molar-refractivity contribution in [1.82, 2.24) is 4.98 Å². The lowest BCUT2D eigenvalue weighted by molar-refractivity contribution is -0.123. The summed E-state index contributed by atoms with van der Waals surface area (Å²) in [6.45, 7) is 3.29. The fourth-order valence-corrected chi connectivity index (χ4v) is 3.31. The van der Waals surface area contributed by atoms with Crippen LogP contribution in [0, 0.1) is 11.6 Å². The Balaban J connectivity index is 2.23. The summed E-state index contributed by atoms with van der Waals surface area (Å²) in [7, 11) is 2.51. The lowest BCUT2D eigenvalue weighted by atomic mass is 9.78. The first-order valence-corrected chi connectivity index (χ1v) is 8.17. The third-order valence-corrected chi connectivity index (χ3v) is 4.76. The van der Waals surface area contributed by atoms with Gasteiger partial charge < -0.3 is 14.4 Å². The molecule has 2 aromatic rings. The molecule has 1 aromatic carbocycles. The summed E-state index contributed by atoms with van der Waals surface area (Å²) in [6.07, 6.45) is 1.51. The van der Waals surface area contributed by atoms with E-state index in [1.165, 1.54) is 20.4 Å². The van der Waals surface area contributed by atoms with E-state index in [-0.39, 0.29) is 23.2 Å². The van der Waals surface area contributed by atoms with Crippen LogP contribution in [0.1, 0.15) is 25.0 Å². The molecule has 0 N–H and O–H groups in total. The standard InChI is InChI=1S/C18H17ClF2N2O3/c1-18(2)10-5-13(19)22-7-9(10)8-23(17(18)24)16-14(20)11(25-3)6-12(26-4)15(16)21/h5-7H,8H2,1-4H3. The van der Waals surface area contributed by atoms with Gasteiger partial charge in [-0.2, -0.15) is 0 Å². The van der Waals surface area contributed by atoms with Gasteiger partial charge in [-0.05, 0) is 31.0 Å². The second-order valence-corrected chi connectivity index (χ2v) is 6.83. The summed E-state index contributed by atoms with van der Waals surface area (Å²) < 4.78 is 39.6. The predicted octanol–water partition coefficient (Wildman–Crippen LogP) is 3.85. The predicted molar refractivity (Wildman–Crippen MR) is 92.9 cm³/mol. The number of anilines is 1. The molecule has 8 heteroatoms. The number of carbonyl (C=O) groups is 1. The van der Waals surface area contributed by atoms with Gasteiger partial charge in [-0.15, -0.1) is 0 Å². The van der Waals surface area contributed by atoms with Crippen LogP contribution in [-0.4, -0.2) is 25.1 Å². The highest BCUT2D eigenvalue weighted by atomic mass is 35.5. The molecule has 0 fully saturated rings. The zero-order chi connectivity index (χ0) is 19.2. The Bertz CT molecular complexity index is 874. The van der Waals surface area contributed by atoms with Gasteiger partial charge in [0.25, 0.3) is 0 Å². The number of halogens is 3. The lowest BCUT2D eigenvalue weighted by Crippen LogP contribution is -2.48. The van der Waals surface area contributed by atoms with E-state index in [1.54, 1.807) is 19.9 Å². The van der Waals surface area contributed by atoms with Gasteiger partial charge in [0, 0.05) is 12.3 Å². The topological polar surface area (TPSA) is 51.7 Å². The first-order valence-electron chi connectivity index (χ1n) is 7.79. The summed E-state index contributed by atoms with van der Waals surface area (Å²) in [5.41, 5.74) is -0.232. The van der Waals surface area contributed by atoms with Crippen molar-refractivity contribution in [3.05, 3.63) is 46.2 Å². The van der Waals surface area contributed by atoms with Crippen LogP contribution in [0.4, 0.5) is 14.5 Å². The summed E-state index contributed by atoms with van der Waals surface area (Å²) in [5.74, 6) is -2.85. The molecule has 1 aliphatic rings. The number of aromatic nitrogens is 1. The van der Waals surface area contributed by atoms with E-state index in [0.717, 1.165) is 11.0 Å². The number of hydrogen-bond donors (Lipinski definition) is 0. The van der Waals surface area contributed by atoms with Crippen LogP contribution >= 0.6 is 11.6 Å². The molecular formula is C18H17ClF2N2O3. The number of carbonyl (C=O) groups excluding carboxylic acids is 1. The molecule has 0 saturated heterocycles. The molecular weight excluding hydrogens is 366 g/mol. The zero-order valence-corrected chi connectivity index (χ0v) is 15.4. The molecule has 5 nitrogen and oxygen atoms in total. The molecule has 3 rings (SSSR count). The van der Waals surface area contributed by atoms with Crippen molar-refractivity contribution in [2.75, 3.05) is 19.1 Å². The van der Waals surface area contributed by atoms with Crippen molar-refractivity contribution in [2.45, 2.75) is 25.8 Å². The number of nitrogens with zero attached hydrogens (tertiary/aromatic N) is 2. The molecule has 2 heterocycles. The molecule has 0 unspecified atom stereocenters. The van der Waals surface area contributed by atoms with Crippen LogP contribution < -0.4 is 14.4 Å². The van der Waals surface area contributed by atoms with E-state index >= 15 is 0 Å². The van der Waals surface area contributed by atoms with Crippen LogP contribution in [0.3, 0.4) is 0 Å². The molecule has 0 radical (unpaired) electrons. The molecule has 0 spiro atoms. The molecule has 1 aromatic heterocycles. The summed E-state index contributed by atoms with van der Waals surface area (Å²) in [6, 6.07) is 2.70. The van der Waals surface area contributed by atoms with Crippen molar-refractivity contribution in [1.29, 1.82) is 0 Å². The number of hydrogen-bond acceptors (Lipinski definition) is 4. The van der Waals surface area contributed by atoms with Crippen molar-refractivity contribution in [2.24, 2.45) is 0 Å². The zero-order valence-electron chi connectivity index (χ0n) is 14.7. The first-order chi connectivity index (χ1) is 12.2. The molecule has 0 aliphatic carbocycles. The van der Waals surface area contributed by atoms with E-state index in [0.29, 0.717) is 11.1 Å². The minimum absolute atomic E-state index is 0.0497. The van der Waals surface area contributed by atoms with Crippen molar-refractivity contribution in [3.8, 4) is 11.5 Å². The Morgan fingerprint density at radius 3 is 2.27 bits per heavy atom. The third kappa shape index (κ3) is 2.67. The van der Waals surface area contributed by atoms with Gasteiger partial charge in [0.15, 0.2) is 23.1 Å². The van der Waals surface area contributed by atoms with Crippen molar-refractivity contribution >= 4 is 23.2 Å². The van der Waals surface area contributed by atoms with E-state index in [1.807, 2.05) is 0 Å². The van der Waals surface area contributed by atoms with Crippen LogP contribution in [0.25, 0.3) is 0 Å². The highest BCUT2D eigenvalue weighted by Gasteiger charge is 2.43. The molecule has 0 atom stereocenters. The number of methoxy groups -OCH3 is 2. The van der Waals surface area contributed by atoms with E-state index in [2.05, 4.69) is 4.98 Å². The second-order valence-electron chi connectivity index (χ2n) is 6.44. The van der Waals surface area contributed by atoms with E-state index in [4.69, 9.17) is 21.1 Å². The summed E-state index contributed by atoms with van der Waals surface area (Å²) in [4.78, 5) is 18.1. The normalized spacial score (nSPS) is 15.7. The molecule has 0 bridgehead atoms. The second kappa shape index (κ2) is 6.39. The maximum atomic E-state index is 14.8. The van der Waals surface area contributed by atoms with Gasteiger partial charge >= 0.3 is 0 Å².